The van der Waals surface area contributed by atoms with E-state index in [1.54, 1.807) is 0 Å². The van der Waals surface area contributed by atoms with Gasteiger partial charge in [-0.25, -0.2) is 0 Å². The number of hydrogen-bond acceptors (Lipinski definition) is 3. The maximum atomic E-state index is 9.94. The third kappa shape index (κ3) is 2.27. The highest BCUT2D eigenvalue weighted by Crippen LogP contribution is 1.91. The van der Waals surface area contributed by atoms with Crippen molar-refractivity contribution in [1.82, 2.24) is 0 Å². The molecule has 0 rings (SSSR count). The van der Waals surface area contributed by atoms with Crippen molar-refractivity contribution in [3.8, 4) is 0 Å². The van der Waals surface area contributed by atoms with Gasteiger partial charge in [-0.15, -0.1) is 12.6 Å². The summed E-state index contributed by atoms with van der Waals surface area (Å²) < 4.78 is 0. The van der Waals surface area contributed by atoms with Crippen LogP contribution in [-0.2, 0) is 0 Å². The smallest absolute Gasteiger partial charge is 0.233 e. The van der Waals surface area contributed by atoms with Crippen LogP contribution in [0, 0.1) is 5.21 Å². The molecule has 0 aromatic carbocycles. The Hall–Kier alpha value is -0.450. The van der Waals surface area contributed by atoms with Gasteiger partial charge < -0.3 is 10.4 Å². The van der Waals surface area contributed by atoms with Crippen LogP contribution < -0.4 is 0 Å². The highest BCUT2D eigenvalue weighted by Gasteiger charge is 2.00. The van der Waals surface area contributed by atoms with Crippen LogP contribution in [0.3, 0.4) is 0 Å². The molecule has 0 saturated heterocycles. The molecule has 0 spiro atoms. The number of nitrogens with zero attached hydrogens (tertiary/aromatic N) is 2. The second kappa shape index (κ2) is 2.68. The minimum Gasteiger partial charge on any atom is -0.596 e. The van der Waals surface area contributed by atoms with E-state index < -0.39 is 5.37 Å². The normalized spacial score (nSPS) is 16.6. The summed E-state index contributed by atoms with van der Waals surface area (Å²) >= 11 is 3.63. The monoisotopic (exact) mass is 122 g/mol. The summed E-state index contributed by atoms with van der Waals surface area (Å²) in [5.41, 5.74) is 0. The standard InChI is InChI=1S/C2H6N2O2S/c1-2(7)4(6)3-5/h2,5,7H,1H3. The molecule has 0 aromatic rings. The quantitative estimate of drug-likeness (QED) is 0.176. The topological polar surface area (TPSA) is 58.7 Å². The molecule has 0 aliphatic rings. The van der Waals surface area contributed by atoms with Crippen molar-refractivity contribution in [3.63, 3.8) is 0 Å². The summed E-state index contributed by atoms with van der Waals surface area (Å²) in [5.74, 6) is 0. The summed E-state index contributed by atoms with van der Waals surface area (Å²) in [4.78, 5) is 0.0864. The molecule has 1 unspecified atom stereocenters. The third-order valence-electron chi connectivity index (χ3n) is 0.408. The van der Waals surface area contributed by atoms with E-state index in [4.69, 9.17) is 5.21 Å². The van der Waals surface area contributed by atoms with E-state index in [0.29, 0.717) is 0 Å². The first-order chi connectivity index (χ1) is 3.18. The zero-order valence-electron chi connectivity index (χ0n) is 3.77. The fourth-order valence-electron chi connectivity index (χ4n) is 0.0747. The third-order valence-corrected chi connectivity index (χ3v) is 0.605. The van der Waals surface area contributed by atoms with Gasteiger partial charge in [0.2, 0.25) is 5.37 Å². The summed E-state index contributed by atoms with van der Waals surface area (Å²) in [6.07, 6.45) is 0. The second-order valence-corrected chi connectivity index (χ2v) is 1.77. The molecule has 0 bridgehead atoms. The lowest BCUT2D eigenvalue weighted by molar-refractivity contribution is -0.564. The molecule has 0 saturated carbocycles. The van der Waals surface area contributed by atoms with Crippen LogP contribution in [0.1, 0.15) is 6.92 Å². The lowest BCUT2D eigenvalue weighted by Gasteiger charge is -1.96. The lowest BCUT2D eigenvalue weighted by Crippen LogP contribution is -2.07. The Bertz CT molecular complexity index is 81.8. The van der Waals surface area contributed by atoms with Crippen molar-refractivity contribution in [2.75, 3.05) is 0 Å². The predicted octanol–water partition coefficient (Wildman–Crippen LogP) is 0.614. The van der Waals surface area contributed by atoms with Crippen LogP contribution in [0.2, 0.25) is 0 Å². The van der Waals surface area contributed by atoms with E-state index >= 15 is 0 Å². The van der Waals surface area contributed by atoms with E-state index in [1.807, 2.05) is 0 Å². The molecule has 42 valence electrons. The van der Waals surface area contributed by atoms with Gasteiger partial charge in [-0.05, 0) is 4.86 Å². The Kier molecular flexibility index (Phi) is 2.51. The van der Waals surface area contributed by atoms with E-state index in [9.17, 15) is 5.21 Å². The van der Waals surface area contributed by atoms with E-state index in [-0.39, 0.29) is 4.86 Å². The van der Waals surface area contributed by atoms with E-state index in [2.05, 4.69) is 17.9 Å². The molecule has 0 amide bonds. The van der Waals surface area contributed by atoms with Gasteiger partial charge in [-0.2, -0.15) is 0 Å². The van der Waals surface area contributed by atoms with Crippen molar-refractivity contribution in [3.05, 3.63) is 5.21 Å². The minimum absolute atomic E-state index is 0.0864. The maximum Gasteiger partial charge on any atom is 0.233 e. The molecular weight excluding hydrogens is 116 g/mol. The molecular formula is C2H6N2O2S. The predicted molar refractivity (Wildman–Crippen MR) is 26.3 cm³/mol. The van der Waals surface area contributed by atoms with Gasteiger partial charge >= 0.3 is 0 Å². The maximum absolute atomic E-state index is 9.94. The highest BCUT2D eigenvalue weighted by molar-refractivity contribution is 7.80. The van der Waals surface area contributed by atoms with Gasteiger partial charge in [0.1, 0.15) is 0 Å². The Morgan fingerprint density at radius 1 is 2.00 bits per heavy atom. The molecule has 1 atom stereocenters. The van der Waals surface area contributed by atoms with Gasteiger partial charge in [-0.1, -0.05) is 0 Å². The first-order valence-corrected chi connectivity index (χ1v) is 2.19. The molecule has 0 heterocycles. The Morgan fingerprint density at radius 2 is 2.43 bits per heavy atom. The molecule has 7 heavy (non-hydrogen) atoms. The first kappa shape index (κ1) is 6.55. The average molecular weight is 122 g/mol. The molecule has 0 aromatic heterocycles. The second-order valence-electron chi connectivity index (χ2n) is 1.02. The summed E-state index contributed by atoms with van der Waals surface area (Å²) in [6, 6.07) is 0. The van der Waals surface area contributed by atoms with Crippen LogP contribution in [0.5, 0.6) is 0 Å². The van der Waals surface area contributed by atoms with Crippen LogP contribution in [0.4, 0.5) is 0 Å². The van der Waals surface area contributed by atoms with Gasteiger partial charge in [0, 0.05) is 6.92 Å². The van der Waals surface area contributed by atoms with E-state index in [1.165, 1.54) is 6.92 Å². The molecule has 0 fully saturated rings. The number of thiol groups is 1. The fourth-order valence-corrected chi connectivity index (χ4v) is 0.121. The molecule has 0 radical (unpaired) electrons. The summed E-state index contributed by atoms with van der Waals surface area (Å²) in [7, 11) is 0. The number of hydrogen-bond donors (Lipinski definition) is 2. The van der Waals surface area contributed by atoms with Crippen molar-refractivity contribution >= 4 is 12.6 Å². The Morgan fingerprint density at radius 3 is 2.43 bits per heavy atom. The van der Waals surface area contributed by atoms with Gasteiger partial charge in [0.05, 0.1) is 0 Å². The van der Waals surface area contributed by atoms with Crippen molar-refractivity contribution < 1.29 is 10.1 Å². The lowest BCUT2D eigenvalue weighted by atomic mass is 10.8. The SMILES string of the molecule is CC(S)[N+]([O-])=NO. The molecule has 0 aliphatic heterocycles. The number of rotatable bonds is 1. The highest BCUT2D eigenvalue weighted by atomic mass is 32.1. The van der Waals surface area contributed by atoms with Crippen LogP contribution in [-0.4, -0.2) is 15.4 Å². The largest absolute Gasteiger partial charge is 0.596 e. The molecule has 0 aliphatic carbocycles. The first-order valence-electron chi connectivity index (χ1n) is 1.68. The van der Waals surface area contributed by atoms with Crippen molar-refractivity contribution in [1.29, 1.82) is 0 Å². The zero-order chi connectivity index (χ0) is 5.86. The zero-order valence-corrected chi connectivity index (χ0v) is 4.67. The van der Waals surface area contributed by atoms with Gasteiger partial charge in [0.15, 0.2) is 5.28 Å². The summed E-state index contributed by atoms with van der Waals surface area (Å²) in [6.45, 7) is 1.50. The fraction of sp³-hybridized carbons (Fsp3) is 1.00. The van der Waals surface area contributed by atoms with Crippen LogP contribution >= 0.6 is 12.6 Å². The van der Waals surface area contributed by atoms with Crippen LogP contribution in [0.15, 0.2) is 5.28 Å². The van der Waals surface area contributed by atoms with E-state index in [0.717, 1.165) is 0 Å². The van der Waals surface area contributed by atoms with Gasteiger partial charge in [-0.3, -0.25) is 0 Å². The average Bonchev–Trinajstić information content (AvgIpc) is 1.65. The number of hydroxylamine groups is 1. The van der Waals surface area contributed by atoms with Gasteiger partial charge in [0.25, 0.3) is 0 Å². The summed E-state index contributed by atoms with van der Waals surface area (Å²) in [5, 5.41) is 19.3. The minimum atomic E-state index is -0.579. The van der Waals surface area contributed by atoms with Crippen molar-refractivity contribution in [2.24, 2.45) is 5.28 Å². The van der Waals surface area contributed by atoms with Crippen molar-refractivity contribution in [2.45, 2.75) is 12.3 Å². The Balaban J connectivity index is 3.56. The van der Waals surface area contributed by atoms with Crippen LogP contribution in [0.25, 0.3) is 0 Å². The molecule has 5 heteroatoms. The Labute approximate surface area is 46.4 Å². The molecule has 1 N–H and O–H groups in total. The molecule has 4 nitrogen and oxygen atoms in total.